The normalized spacial score (nSPS) is 11.8. The van der Waals surface area contributed by atoms with Crippen molar-refractivity contribution in [1.29, 1.82) is 0 Å². The molecule has 0 aliphatic rings. The first kappa shape index (κ1) is 21.0. The van der Waals surface area contributed by atoms with Gasteiger partial charge in [-0.25, -0.2) is 4.98 Å². The van der Waals surface area contributed by atoms with E-state index in [9.17, 15) is 4.79 Å². The quantitative estimate of drug-likeness (QED) is 0.208. The number of hydrogen-bond acceptors (Lipinski definition) is 3. The molecular formula is C29H22N2OS. The van der Waals surface area contributed by atoms with Gasteiger partial charge in [-0.15, -0.1) is 0 Å². The lowest BCUT2D eigenvalue weighted by molar-refractivity contribution is 0.0989. The molecule has 0 radical (unpaired) electrons. The fourth-order valence-corrected chi connectivity index (χ4v) is 4.86. The Morgan fingerprint density at radius 1 is 0.667 bits per heavy atom. The molecule has 4 aromatic carbocycles. The van der Waals surface area contributed by atoms with Crippen molar-refractivity contribution in [2.24, 2.45) is 0 Å². The van der Waals surface area contributed by atoms with Gasteiger partial charge in [0.25, 0.3) is 0 Å². The molecule has 1 N–H and O–H groups in total. The van der Waals surface area contributed by atoms with Gasteiger partial charge in [0.15, 0.2) is 10.9 Å². The van der Waals surface area contributed by atoms with Crippen molar-refractivity contribution in [1.82, 2.24) is 9.97 Å². The molecule has 1 heterocycles. The molecule has 5 rings (SSSR count). The summed E-state index contributed by atoms with van der Waals surface area (Å²) in [4.78, 5) is 22.0. The summed E-state index contributed by atoms with van der Waals surface area (Å²) in [7, 11) is 0. The molecule has 0 amide bonds. The van der Waals surface area contributed by atoms with Gasteiger partial charge >= 0.3 is 0 Å². The van der Waals surface area contributed by atoms with Crippen LogP contribution in [0.4, 0.5) is 0 Å². The second-order valence-electron chi connectivity index (χ2n) is 7.64. The van der Waals surface area contributed by atoms with Crippen LogP contribution in [0.25, 0.3) is 22.5 Å². The fourth-order valence-electron chi connectivity index (χ4n) is 3.79. The minimum Gasteiger partial charge on any atom is -0.332 e. The predicted molar refractivity (Wildman–Crippen MR) is 135 cm³/mol. The number of benzene rings is 4. The van der Waals surface area contributed by atoms with Crippen molar-refractivity contribution in [2.45, 2.75) is 10.4 Å². The monoisotopic (exact) mass is 446 g/mol. The van der Waals surface area contributed by atoms with Gasteiger partial charge in [-0.2, -0.15) is 0 Å². The first-order valence-corrected chi connectivity index (χ1v) is 11.7. The van der Waals surface area contributed by atoms with Crippen LogP contribution in [0, 0.1) is 0 Å². The molecule has 0 unspecified atom stereocenters. The lowest BCUT2D eigenvalue weighted by Crippen LogP contribution is -2.10. The Balaban J connectivity index is 1.57. The van der Waals surface area contributed by atoms with Crippen molar-refractivity contribution in [3.8, 4) is 22.5 Å². The second-order valence-corrected chi connectivity index (χ2v) is 8.73. The van der Waals surface area contributed by atoms with Crippen LogP contribution >= 0.6 is 11.8 Å². The Labute approximate surface area is 197 Å². The number of carbonyl (C=O) groups is 1. The molecule has 160 valence electrons. The third-order valence-corrected chi connectivity index (χ3v) is 6.56. The largest absolute Gasteiger partial charge is 0.332 e. The van der Waals surface area contributed by atoms with Crippen molar-refractivity contribution in [3.05, 3.63) is 132 Å². The molecule has 33 heavy (non-hydrogen) atoms. The van der Waals surface area contributed by atoms with E-state index >= 15 is 0 Å². The van der Waals surface area contributed by atoms with Gasteiger partial charge in [0.05, 0.1) is 11.4 Å². The number of ketones is 1. The Morgan fingerprint density at radius 3 is 1.79 bits per heavy atom. The Hall–Kier alpha value is -3.89. The molecule has 0 saturated heterocycles. The maximum Gasteiger partial charge on any atom is 0.180 e. The van der Waals surface area contributed by atoms with E-state index in [2.05, 4.69) is 29.2 Å². The summed E-state index contributed by atoms with van der Waals surface area (Å²) in [5, 5.41) is 0.304. The zero-order valence-electron chi connectivity index (χ0n) is 17.9. The summed E-state index contributed by atoms with van der Waals surface area (Å²) >= 11 is 1.45. The van der Waals surface area contributed by atoms with Crippen LogP contribution < -0.4 is 0 Å². The van der Waals surface area contributed by atoms with Crippen molar-refractivity contribution < 1.29 is 4.79 Å². The number of aromatic nitrogens is 2. The highest BCUT2D eigenvalue weighted by molar-refractivity contribution is 8.00. The average Bonchev–Trinajstić information content (AvgIpc) is 3.33. The third kappa shape index (κ3) is 4.66. The van der Waals surface area contributed by atoms with Gasteiger partial charge in [0, 0.05) is 16.7 Å². The van der Waals surface area contributed by atoms with E-state index in [1.54, 1.807) is 0 Å². The number of nitrogens with one attached hydrogen (secondary N) is 1. The number of H-pyrrole nitrogens is 1. The summed E-state index contributed by atoms with van der Waals surface area (Å²) in [5.74, 6) is 0.0609. The predicted octanol–water partition coefficient (Wildman–Crippen LogP) is 7.46. The van der Waals surface area contributed by atoms with Crippen LogP contribution in [0.3, 0.4) is 0 Å². The Kier molecular flexibility index (Phi) is 6.18. The molecular weight excluding hydrogens is 424 g/mol. The number of aromatic amines is 1. The summed E-state index contributed by atoms with van der Waals surface area (Å²) in [6.07, 6.45) is 0. The highest BCUT2D eigenvalue weighted by Crippen LogP contribution is 2.40. The highest BCUT2D eigenvalue weighted by atomic mass is 32.2. The molecule has 0 aliphatic heterocycles. The number of Topliss-reactive ketones (excluding diaryl/α,β-unsaturated/α-hetero) is 1. The number of hydrogen-bond donors (Lipinski definition) is 1. The van der Waals surface area contributed by atoms with Crippen LogP contribution in [-0.2, 0) is 0 Å². The van der Waals surface area contributed by atoms with Gasteiger partial charge in [-0.3, -0.25) is 4.79 Å². The lowest BCUT2D eigenvalue weighted by Gasteiger charge is -2.15. The van der Waals surface area contributed by atoms with Crippen LogP contribution in [0.5, 0.6) is 0 Å². The minimum atomic E-state index is -0.410. The summed E-state index contributed by atoms with van der Waals surface area (Å²) in [5.41, 5.74) is 5.56. The number of rotatable bonds is 7. The van der Waals surface area contributed by atoms with Gasteiger partial charge in [-0.1, -0.05) is 133 Å². The van der Waals surface area contributed by atoms with Crippen molar-refractivity contribution in [3.63, 3.8) is 0 Å². The van der Waals surface area contributed by atoms with E-state index in [-0.39, 0.29) is 5.78 Å². The molecule has 4 heteroatoms. The standard InChI is InChI=1S/C29H22N2OS/c32-27(23-17-9-3-10-18-23)28(24-19-11-4-12-20-24)33-29-30-25(21-13-5-1-6-14-21)26(31-29)22-15-7-2-8-16-22/h1-20,28H,(H,30,31)/t28-/m0/s1. The topological polar surface area (TPSA) is 45.8 Å². The van der Waals surface area contributed by atoms with E-state index in [4.69, 9.17) is 4.98 Å². The third-order valence-electron chi connectivity index (χ3n) is 5.42. The molecule has 1 atom stereocenters. The molecule has 5 aromatic rings. The van der Waals surface area contributed by atoms with E-state index < -0.39 is 5.25 Å². The number of thioether (sulfide) groups is 1. The van der Waals surface area contributed by atoms with Crippen LogP contribution in [0.2, 0.25) is 0 Å². The molecule has 0 bridgehead atoms. The SMILES string of the molecule is O=C(c1ccccc1)[C@@H](Sc1nc(-c2ccccc2)c(-c2ccccc2)[nH]1)c1ccccc1. The Bertz CT molecular complexity index is 1280. The van der Waals surface area contributed by atoms with Gasteiger partial charge in [0.2, 0.25) is 0 Å². The maximum absolute atomic E-state index is 13.5. The number of imidazole rings is 1. The smallest absolute Gasteiger partial charge is 0.180 e. The average molecular weight is 447 g/mol. The first-order chi connectivity index (χ1) is 16.3. The van der Waals surface area contributed by atoms with E-state index in [1.807, 2.05) is 97.1 Å². The van der Waals surface area contributed by atoms with Gasteiger partial charge in [0.1, 0.15) is 5.25 Å². The van der Waals surface area contributed by atoms with Crippen LogP contribution in [-0.4, -0.2) is 15.8 Å². The fraction of sp³-hybridized carbons (Fsp3) is 0.0345. The van der Waals surface area contributed by atoms with Crippen molar-refractivity contribution in [2.75, 3.05) is 0 Å². The van der Waals surface area contributed by atoms with E-state index in [0.717, 1.165) is 28.1 Å². The van der Waals surface area contributed by atoms with Crippen LogP contribution in [0.15, 0.2) is 126 Å². The molecule has 0 spiro atoms. The number of carbonyl (C=O) groups excluding carboxylic acids is 1. The van der Waals surface area contributed by atoms with Gasteiger partial charge < -0.3 is 4.98 Å². The second kappa shape index (κ2) is 9.72. The molecule has 3 nitrogen and oxygen atoms in total. The van der Waals surface area contributed by atoms with Crippen LogP contribution in [0.1, 0.15) is 21.2 Å². The van der Waals surface area contributed by atoms with E-state index in [1.165, 1.54) is 11.8 Å². The zero-order valence-corrected chi connectivity index (χ0v) is 18.7. The molecule has 1 aromatic heterocycles. The number of nitrogens with zero attached hydrogens (tertiary/aromatic N) is 1. The van der Waals surface area contributed by atoms with Gasteiger partial charge in [-0.05, 0) is 5.56 Å². The summed E-state index contributed by atoms with van der Waals surface area (Å²) < 4.78 is 0. The Morgan fingerprint density at radius 2 is 1.18 bits per heavy atom. The lowest BCUT2D eigenvalue weighted by atomic mass is 10.0. The molecule has 0 aliphatic carbocycles. The first-order valence-electron chi connectivity index (χ1n) is 10.8. The summed E-state index contributed by atoms with van der Waals surface area (Å²) in [6, 6.07) is 39.6. The van der Waals surface area contributed by atoms with Crippen molar-refractivity contribution >= 4 is 17.5 Å². The minimum absolute atomic E-state index is 0.0609. The maximum atomic E-state index is 13.5. The summed E-state index contributed by atoms with van der Waals surface area (Å²) in [6.45, 7) is 0. The zero-order chi connectivity index (χ0) is 22.5. The van der Waals surface area contributed by atoms with E-state index in [0.29, 0.717) is 10.7 Å². The molecule has 0 saturated carbocycles. The highest BCUT2D eigenvalue weighted by Gasteiger charge is 2.26. The molecule has 0 fully saturated rings.